The zero-order valence-corrected chi connectivity index (χ0v) is 18.0. The number of ketones is 1. The molecule has 25 heavy (non-hydrogen) atoms. The van der Waals surface area contributed by atoms with Crippen LogP contribution in [0.15, 0.2) is 12.2 Å². The molecule has 2 saturated carbocycles. The molecular weight excluding hydrogens is 366 g/mol. The Balaban J connectivity index is 1.74. The molecule has 136 valence electrons. The molecule has 4 aliphatic rings. The van der Waals surface area contributed by atoms with Gasteiger partial charge in [-0.05, 0) is 74.7 Å². The second kappa shape index (κ2) is 5.89. The number of thioether (sulfide) groups is 2. The molecule has 0 amide bonds. The van der Waals surface area contributed by atoms with Crippen LogP contribution in [0.3, 0.4) is 0 Å². The van der Waals surface area contributed by atoms with E-state index < -0.39 is 13.9 Å². The predicted octanol–water partition coefficient (Wildman–Crippen LogP) is 4.61. The maximum atomic E-state index is 13.0. The normalized spacial score (nSPS) is 42.2. The summed E-state index contributed by atoms with van der Waals surface area (Å²) in [5.74, 6) is 3.53. The van der Waals surface area contributed by atoms with Crippen molar-refractivity contribution in [3.63, 3.8) is 0 Å². The summed E-state index contributed by atoms with van der Waals surface area (Å²) in [4.78, 5) is 13.0. The van der Waals surface area contributed by atoms with Crippen LogP contribution < -0.4 is 0 Å². The van der Waals surface area contributed by atoms with E-state index in [0.29, 0.717) is 24.5 Å². The zero-order valence-electron chi connectivity index (χ0n) is 15.3. The highest BCUT2D eigenvalue weighted by Crippen LogP contribution is 2.71. The highest BCUT2D eigenvalue weighted by molar-refractivity contribution is 8.18. The van der Waals surface area contributed by atoms with E-state index in [4.69, 9.17) is 4.43 Å². The minimum atomic E-state index is -1.85. The number of carbonyl (C=O) groups excluding carboxylic acids is 1. The first-order valence-electron chi connectivity index (χ1n) is 9.38. The average Bonchev–Trinajstić information content (AvgIpc) is 3.01. The van der Waals surface area contributed by atoms with Crippen molar-refractivity contribution in [2.75, 3.05) is 11.5 Å². The molecule has 1 saturated heterocycles. The topological polar surface area (TPSA) is 50.1 Å². The largest absolute Gasteiger partial charge is 0.397 e. The molecule has 4 atom stereocenters. The van der Waals surface area contributed by atoms with Gasteiger partial charge < -0.3 is 4.43 Å². The van der Waals surface area contributed by atoms with Crippen LogP contribution in [-0.4, -0.2) is 35.3 Å². The summed E-state index contributed by atoms with van der Waals surface area (Å²) in [6.45, 7) is 6.41. The maximum Gasteiger partial charge on any atom is 0.186 e. The molecule has 1 aliphatic heterocycles. The van der Waals surface area contributed by atoms with Crippen LogP contribution in [-0.2, 0) is 9.22 Å². The summed E-state index contributed by atoms with van der Waals surface area (Å²) >= 11 is 4.19. The Labute approximate surface area is 160 Å². The Hall–Kier alpha value is -0.223. The number of nitriles is 1. The number of hydrogen-bond acceptors (Lipinski definition) is 5. The fourth-order valence-electron chi connectivity index (χ4n) is 5.61. The molecule has 0 aromatic heterocycles. The third-order valence-corrected chi connectivity index (χ3v) is 10.8. The van der Waals surface area contributed by atoms with Crippen molar-refractivity contribution in [3.8, 4) is 6.07 Å². The van der Waals surface area contributed by atoms with E-state index >= 15 is 0 Å². The number of Topliss-reactive ketones (excluding diaryl/α,β-unsaturated/α-hetero) is 1. The van der Waals surface area contributed by atoms with Crippen molar-refractivity contribution in [1.82, 2.24) is 0 Å². The van der Waals surface area contributed by atoms with Crippen molar-refractivity contribution in [2.24, 2.45) is 17.3 Å². The molecule has 6 heteroatoms. The molecule has 3 fully saturated rings. The molecule has 0 N–H and O–H groups in total. The lowest BCUT2D eigenvalue weighted by molar-refractivity contribution is -0.127. The van der Waals surface area contributed by atoms with Gasteiger partial charge >= 0.3 is 0 Å². The lowest BCUT2D eigenvalue weighted by atomic mass is 9.65. The third kappa shape index (κ3) is 2.69. The fraction of sp³-hybridized carbons (Fsp3) is 0.789. The molecular formula is C19H27NO2S2Si. The van der Waals surface area contributed by atoms with E-state index in [0.717, 1.165) is 12.8 Å². The summed E-state index contributed by atoms with van der Waals surface area (Å²) in [6.07, 6.45) is 8.85. The molecule has 3 nitrogen and oxygen atoms in total. The molecule has 1 heterocycles. The van der Waals surface area contributed by atoms with Crippen molar-refractivity contribution in [2.45, 2.75) is 61.4 Å². The smallest absolute Gasteiger partial charge is 0.186 e. The van der Waals surface area contributed by atoms with Gasteiger partial charge in [-0.25, -0.2) is 0 Å². The standard InChI is InChI=1S/C19H27NO2S2Si/c1-25(2,3)22-17(13-20)7-8-18-14(11-17)12-19(23-9-4-10-24-19)15(18)5-6-16(18)21/h7-8,14-15H,4-6,9-12H2,1-3H3/t14-,15-,17+,18+/m0/s1. The van der Waals surface area contributed by atoms with Gasteiger partial charge in [0, 0.05) is 6.42 Å². The molecule has 3 aliphatic carbocycles. The van der Waals surface area contributed by atoms with Crippen molar-refractivity contribution in [1.29, 1.82) is 5.26 Å². The van der Waals surface area contributed by atoms with Gasteiger partial charge in [-0.3, -0.25) is 4.79 Å². The molecule has 0 bridgehead atoms. The predicted molar refractivity (Wildman–Crippen MR) is 107 cm³/mol. The molecule has 0 radical (unpaired) electrons. The number of carbonyl (C=O) groups is 1. The van der Waals surface area contributed by atoms with E-state index in [9.17, 15) is 10.1 Å². The van der Waals surface area contributed by atoms with Crippen molar-refractivity contribution < 1.29 is 9.22 Å². The SMILES string of the molecule is C[Si](C)(C)O[C@]1(C#N)C=C[C@]23C(=O)CC[C@@H]2C2(C[C@@H]3C1)SCCCS2. The van der Waals surface area contributed by atoms with Gasteiger partial charge in [0.15, 0.2) is 13.9 Å². The van der Waals surface area contributed by atoms with Gasteiger partial charge in [0.05, 0.1) is 9.49 Å². The summed E-state index contributed by atoms with van der Waals surface area (Å²) in [7, 11) is -1.85. The number of allylic oxidation sites excluding steroid dienone is 1. The van der Waals surface area contributed by atoms with Gasteiger partial charge in [-0.2, -0.15) is 5.26 Å². The number of fused-ring (bicyclic) bond motifs is 1. The van der Waals surface area contributed by atoms with Gasteiger partial charge in [0.1, 0.15) is 11.9 Å². The number of nitrogens with zero attached hydrogens (tertiary/aromatic N) is 1. The minimum absolute atomic E-state index is 0.185. The first-order valence-corrected chi connectivity index (χ1v) is 14.8. The Bertz CT molecular complexity index is 661. The highest BCUT2D eigenvalue weighted by Gasteiger charge is 2.69. The quantitative estimate of drug-likeness (QED) is 0.506. The summed E-state index contributed by atoms with van der Waals surface area (Å²) in [6, 6.07) is 2.47. The van der Waals surface area contributed by atoms with Crippen LogP contribution in [0.5, 0.6) is 0 Å². The van der Waals surface area contributed by atoms with Gasteiger partial charge in [0.2, 0.25) is 0 Å². The van der Waals surface area contributed by atoms with Crippen molar-refractivity contribution >= 4 is 37.6 Å². The first kappa shape index (κ1) is 18.2. The monoisotopic (exact) mass is 393 g/mol. The zero-order chi connectivity index (χ0) is 17.9. The van der Waals surface area contributed by atoms with Crippen LogP contribution in [0, 0.1) is 28.6 Å². The first-order chi connectivity index (χ1) is 11.8. The van der Waals surface area contributed by atoms with Crippen LogP contribution in [0.1, 0.15) is 32.1 Å². The van der Waals surface area contributed by atoms with Gasteiger partial charge in [0.25, 0.3) is 0 Å². The maximum absolute atomic E-state index is 13.0. The number of rotatable bonds is 2. The second-order valence-electron chi connectivity index (χ2n) is 8.96. The second-order valence-corrected chi connectivity index (χ2v) is 16.5. The van der Waals surface area contributed by atoms with E-state index in [-0.39, 0.29) is 15.4 Å². The molecule has 4 rings (SSSR count). The van der Waals surface area contributed by atoms with E-state index in [1.54, 1.807) is 0 Å². The summed E-state index contributed by atoms with van der Waals surface area (Å²) in [5, 5.41) is 9.93. The summed E-state index contributed by atoms with van der Waals surface area (Å²) in [5.41, 5.74) is -1.15. The van der Waals surface area contributed by atoms with E-state index in [2.05, 4.69) is 55.3 Å². The van der Waals surface area contributed by atoms with E-state index in [1.165, 1.54) is 17.9 Å². The van der Waals surface area contributed by atoms with Crippen LogP contribution >= 0.6 is 23.5 Å². The molecule has 0 aromatic carbocycles. The van der Waals surface area contributed by atoms with Crippen LogP contribution in [0.4, 0.5) is 0 Å². The van der Waals surface area contributed by atoms with Gasteiger partial charge in [-0.15, -0.1) is 23.5 Å². The van der Waals surface area contributed by atoms with Crippen LogP contribution in [0.2, 0.25) is 19.6 Å². The Morgan fingerprint density at radius 3 is 2.60 bits per heavy atom. The minimum Gasteiger partial charge on any atom is -0.397 e. The van der Waals surface area contributed by atoms with E-state index in [1.807, 2.05) is 6.08 Å². The fourth-order valence-corrected chi connectivity index (χ4v) is 10.8. The lowest BCUT2D eigenvalue weighted by Crippen LogP contribution is -2.48. The Kier molecular flexibility index (Phi) is 4.27. The highest BCUT2D eigenvalue weighted by atomic mass is 32.2. The third-order valence-electron chi connectivity index (χ3n) is 6.29. The van der Waals surface area contributed by atoms with Gasteiger partial charge in [-0.1, -0.05) is 6.08 Å². The number of hydrogen-bond donors (Lipinski definition) is 0. The lowest BCUT2D eigenvalue weighted by Gasteiger charge is -2.43. The average molecular weight is 394 g/mol. The molecule has 2 spiro atoms. The Morgan fingerprint density at radius 2 is 1.96 bits per heavy atom. The Morgan fingerprint density at radius 1 is 1.24 bits per heavy atom. The summed E-state index contributed by atoms with van der Waals surface area (Å²) < 4.78 is 6.53. The molecule has 0 aromatic rings. The molecule has 0 unspecified atom stereocenters. The van der Waals surface area contributed by atoms with Crippen LogP contribution in [0.25, 0.3) is 0 Å². The van der Waals surface area contributed by atoms with Crippen molar-refractivity contribution in [3.05, 3.63) is 12.2 Å².